The predicted molar refractivity (Wildman–Crippen MR) is 72.0 cm³/mol. The van der Waals surface area contributed by atoms with E-state index in [1.165, 1.54) is 11.1 Å². The summed E-state index contributed by atoms with van der Waals surface area (Å²) in [5.41, 5.74) is 0.472. The number of aromatic nitrogens is 1. The first-order chi connectivity index (χ1) is 8.95. The van der Waals surface area contributed by atoms with Gasteiger partial charge in [0.15, 0.2) is 0 Å². The molecule has 1 rings (SSSR count). The third-order valence-corrected chi connectivity index (χ3v) is 2.45. The summed E-state index contributed by atoms with van der Waals surface area (Å²) in [6.07, 6.45) is 0.928. The molecule has 1 aromatic rings. The molecule has 0 fully saturated rings. The minimum absolute atomic E-state index is 0.143. The zero-order valence-electron chi connectivity index (χ0n) is 11.6. The number of amides is 2. The summed E-state index contributed by atoms with van der Waals surface area (Å²) in [5, 5.41) is 2.61. The van der Waals surface area contributed by atoms with E-state index < -0.39 is 6.10 Å². The van der Waals surface area contributed by atoms with Crippen LogP contribution in [0, 0.1) is 0 Å². The van der Waals surface area contributed by atoms with E-state index in [1.54, 1.807) is 33.2 Å². The maximum absolute atomic E-state index is 11.8. The van der Waals surface area contributed by atoms with Crippen molar-refractivity contribution in [2.75, 3.05) is 26.0 Å². The van der Waals surface area contributed by atoms with Gasteiger partial charge in [0.05, 0.1) is 0 Å². The monoisotopic (exact) mass is 265 g/mol. The lowest BCUT2D eigenvalue weighted by Gasteiger charge is -2.13. The number of nitrogens with zero attached hydrogens (tertiary/aromatic N) is 2. The van der Waals surface area contributed by atoms with Crippen LogP contribution in [0.2, 0.25) is 0 Å². The normalized spacial score (nSPS) is 11.8. The van der Waals surface area contributed by atoms with Crippen LogP contribution >= 0.6 is 0 Å². The maximum Gasteiger partial charge on any atom is 0.254 e. The highest BCUT2D eigenvalue weighted by atomic mass is 16.5. The van der Waals surface area contributed by atoms with Gasteiger partial charge in [-0.05, 0) is 26.0 Å². The van der Waals surface area contributed by atoms with Crippen molar-refractivity contribution in [2.24, 2.45) is 0 Å². The van der Waals surface area contributed by atoms with Crippen molar-refractivity contribution in [3.63, 3.8) is 0 Å². The molecule has 6 nitrogen and oxygen atoms in total. The fourth-order valence-corrected chi connectivity index (χ4v) is 1.44. The number of ether oxygens (including phenoxy) is 1. The predicted octanol–water partition coefficient (Wildman–Crippen LogP) is 1.15. The average molecular weight is 265 g/mol. The molecule has 0 unspecified atom stereocenters. The number of hydrogen-bond donors (Lipinski definition) is 1. The highest BCUT2D eigenvalue weighted by molar-refractivity contribution is 5.97. The van der Waals surface area contributed by atoms with Gasteiger partial charge in [0, 0.05) is 32.5 Å². The van der Waals surface area contributed by atoms with Crippen molar-refractivity contribution in [3.8, 4) is 0 Å². The summed E-state index contributed by atoms with van der Waals surface area (Å²) < 4.78 is 5.18. The number of anilines is 1. The molecule has 1 atom stereocenters. The molecule has 0 saturated heterocycles. The Balaban J connectivity index is 2.77. The summed E-state index contributed by atoms with van der Waals surface area (Å²) in [7, 11) is 3.33. The molecule has 6 heteroatoms. The lowest BCUT2D eigenvalue weighted by atomic mass is 10.2. The van der Waals surface area contributed by atoms with Crippen LogP contribution in [-0.2, 0) is 9.53 Å². The molecule has 0 bridgehead atoms. The molecule has 0 saturated carbocycles. The minimum atomic E-state index is -0.556. The second-order valence-corrected chi connectivity index (χ2v) is 4.22. The Hall–Kier alpha value is -1.95. The van der Waals surface area contributed by atoms with Crippen molar-refractivity contribution in [1.82, 2.24) is 9.88 Å². The average Bonchev–Trinajstić information content (AvgIpc) is 2.38. The number of nitrogens with one attached hydrogen (secondary N) is 1. The molecule has 0 aliphatic carbocycles. The molecule has 1 heterocycles. The van der Waals surface area contributed by atoms with Gasteiger partial charge in [-0.15, -0.1) is 0 Å². The highest BCUT2D eigenvalue weighted by Gasteiger charge is 2.14. The highest BCUT2D eigenvalue weighted by Crippen LogP contribution is 2.09. The van der Waals surface area contributed by atoms with E-state index in [1.807, 2.05) is 6.92 Å². The van der Waals surface area contributed by atoms with Gasteiger partial charge >= 0.3 is 0 Å². The Morgan fingerprint density at radius 3 is 2.74 bits per heavy atom. The van der Waals surface area contributed by atoms with Crippen LogP contribution in [-0.4, -0.2) is 48.5 Å². The SMILES string of the molecule is CCO[C@H](C)C(=O)Nc1cc(C(=O)N(C)C)ccn1. The number of carbonyl (C=O) groups is 2. The Morgan fingerprint density at radius 1 is 1.47 bits per heavy atom. The van der Waals surface area contributed by atoms with Crippen molar-refractivity contribution in [1.29, 1.82) is 0 Å². The van der Waals surface area contributed by atoms with Gasteiger partial charge in [-0.3, -0.25) is 9.59 Å². The first-order valence-electron chi connectivity index (χ1n) is 6.05. The van der Waals surface area contributed by atoms with Gasteiger partial charge in [-0.1, -0.05) is 0 Å². The van der Waals surface area contributed by atoms with E-state index in [-0.39, 0.29) is 11.8 Å². The van der Waals surface area contributed by atoms with Crippen molar-refractivity contribution < 1.29 is 14.3 Å². The zero-order valence-corrected chi connectivity index (χ0v) is 11.6. The lowest BCUT2D eigenvalue weighted by Crippen LogP contribution is -2.28. The summed E-state index contributed by atoms with van der Waals surface area (Å²) in [6, 6.07) is 3.14. The summed E-state index contributed by atoms with van der Waals surface area (Å²) in [5.74, 6) is -0.0937. The quantitative estimate of drug-likeness (QED) is 0.866. The van der Waals surface area contributed by atoms with Crippen LogP contribution < -0.4 is 5.32 Å². The van der Waals surface area contributed by atoms with Crippen LogP contribution in [0.5, 0.6) is 0 Å². The number of carbonyl (C=O) groups excluding carboxylic acids is 2. The molecule has 0 aromatic carbocycles. The Kier molecular flexibility index (Phi) is 5.44. The minimum Gasteiger partial charge on any atom is -0.369 e. The van der Waals surface area contributed by atoms with E-state index in [2.05, 4.69) is 10.3 Å². The first-order valence-corrected chi connectivity index (χ1v) is 6.05. The molecule has 19 heavy (non-hydrogen) atoms. The van der Waals surface area contributed by atoms with Gasteiger partial charge in [0.2, 0.25) is 0 Å². The van der Waals surface area contributed by atoms with Crippen LogP contribution in [0.25, 0.3) is 0 Å². The molecule has 0 aliphatic heterocycles. The van der Waals surface area contributed by atoms with E-state index in [4.69, 9.17) is 4.74 Å². The second-order valence-electron chi connectivity index (χ2n) is 4.22. The Bertz CT molecular complexity index is 460. The lowest BCUT2D eigenvalue weighted by molar-refractivity contribution is -0.126. The number of pyridine rings is 1. The Labute approximate surface area is 112 Å². The molecule has 2 amide bonds. The van der Waals surface area contributed by atoms with Crippen molar-refractivity contribution in [3.05, 3.63) is 23.9 Å². The zero-order chi connectivity index (χ0) is 14.4. The molecule has 1 aromatic heterocycles. The van der Waals surface area contributed by atoms with E-state index in [9.17, 15) is 9.59 Å². The third kappa shape index (κ3) is 4.33. The molecular formula is C13H19N3O3. The first kappa shape index (κ1) is 15.1. The van der Waals surface area contributed by atoms with Crippen LogP contribution in [0.4, 0.5) is 5.82 Å². The van der Waals surface area contributed by atoms with Gasteiger partial charge in [-0.25, -0.2) is 4.98 Å². The number of hydrogen-bond acceptors (Lipinski definition) is 4. The molecule has 0 radical (unpaired) electrons. The Morgan fingerprint density at radius 2 is 2.16 bits per heavy atom. The van der Waals surface area contributed by atoms with Gasteiger partial charge in [-0.2, -0.15) is 0 Å². The molecule has 0 spiro atoms. The molecule has 1 N–H and O–H groups in total. The van der Waals surface area contributed by atoms with Gasteiger partial charge < -0.3 is 15.0 Å². The third-order valence-electron chi connectivity index (χ3n) is 2.45. The van der Waals surface area contributed by atoms with E-state index >= 15 is 0 Å². The van der Waals surface area contributed by atoms with Crippen LogP contribution in [0.15, 0.2) is 18.3 Å². The second kappa shape index (κ2) is 6.84. The topological polar surface area (TPSA) is 71.5 Å². The van der Waals surface area contributed by atoms with Crippen LogP contribution in [0.1, 0.15) is 24.2 Å². The molecule has 0 aliphatic rings. The van der Waals surface area contributed by atoms with E-state index in [0.29, 0.717) is 18.0 Å². The molecule has 104 valence electrons. The summed E-state index contributed by atoms with van der Waals surface area (Å²) in [6.45, 7) is 3.94. The van der Waals surface area contributed by atoms with E-state index in [0.717, 1.165) is 0 Å². The van der Waals surface area contributed by atoms with Crippen LogP contribution in [0.3, 0.4) is 0 Å². The van der Waals surface area contributed by atoms with Crippen molar-refractivity contribution >= 4 is 17.6 Å². The summed E-state index contributed by atoms with van der Waals surface area (Å²) >= 11 is 0. The fraction of sp³-hybridized carbons (Fsp3) is 0.462. The maximum atomic E-state index is 11.8. The van der Waals surface area contributed by atoms with Gasteiger partial charge in [0.25, 0.3) is 11.8 Å². The standard InChI is InChI=1S/C13H19N3O3/c1-5-19-9(2)12(17)15-11-8-10(6-7-14-11)13(18)16(3)4/h6-9H,5H2,1-4H3,(H,14,15,17)/t9-/m1/s1. The summed E-state index contributed by atoms with van der Waals surface area (Å²) in [4.78, 5) is 29.0. The van der Waals surface area contributed by atoms with Crippen molar-refractivity contribution in [2.45, 2.75) is 20.0 Å². The smallest absolute Gasteiger partial charge is 0.254 e. The van der Waals surface area contributed by atoms with Gasteiger partial charge in [0.1, 0.15) is 11.9 Å². The largest absolute Gasteiger partial charge is 0.369 e. The number of rotatable bonds is 5. The fourth-order valence-electron chi connectivity index (χ4n) is 1.44. The molecular weight excluding hydrogens is 246 g/mol.